The van der Waals surface area contributed by atoms with Gasteiger partial charge in [0, 0.05) is 30.1 Å². The Morgan fingerprint density at radius 2 is 1.94 bits per heavy atom. The number of piperidine rings is 1. The predicted molar refractivity (Wildman–Crippen MR) is 127 cm³/mol. The van der Waals surface area contributed by atoms with Crippen LogP contribution in [0.5, 0.6) is 11.5 Å². The van der Waals surface area contributed by atoms with Crippen LogP contribution in [0, 0.1) is 6.92 Å². The van der Waals surface area contributed by atoms with Gasteiger partial charge in [0.2, 0.25) is 0 Å². The number of ether oxygens (including phenoxy) is 3. The van der Waals surface area contributed by atoms with Crippen LogP contribution in [0.1, 0.15) is 49.9 Å². The lowest BCUT2D eigenvalue weighted by molar-refractivity contribution is 0.0912. The predicted octanol–water partition coefficient (Wildman–Crippen LogP) is 5.07. The molecule has 0 aliphatic carbocycles. The maximum Gasteiger partial charge on any atom is 0.409 e. The third kappa shape index (κ3) is 4.74. The Kier molecular flexibility index (Phi) is 7.01. The van der Waals surface area contributed by atoms with Crippen molar-refractivity contribution in [2.75, 3.05) is 33.9 Å². The van der Waals surface area contributed by atoms with Gasteiger partial charge >= 0.3 is 6.09 Å². The van der Waals surface area contributed by atoms with E-state index in [9.17, 15) is 4.79 Å². The number of carbonyl (C=O) groups is 1. The van der Waals surface area contributed by atoms with Crippen molar-refractivity contribution in [3.8, 4) is 22.8 Å². The van der Waals surface area contributed by atoms with Crippen molar-refractivity contribution in [1.82, 2.24) is 19.9 Å². The Morgan fingerprint density at radius 3 is 2.64 bits per heavy atom. The van der Waals surface area contributed by atoms with E-state index in [0.29, 0.717) is 31.2 Å². The van der Waals surface area contributed by atoms with Crippen LogP contribution >= 0.6 is 0 Å². The van der Waals surface area contributed by atoms with Gasteiger partial charge in [-0.15, -0.1) is 0 Å². The highest BCUT2D eigenvalue weighted by atomic mass is 16.6. The number of hydrogen-bond acceptors (Lipinski definition) is 6. The van der Waals surface area contributed by atoms with Crippen molar-refractivity contribution >= 4 is 17.1 Å². The highest BCUT2D eigenvalue weighted by Crippen LogP contribution is 2.35. The zero-order valence-corrected chi connectivity index (χ0v) is 19.8. The van der Waals surface area contributed by atoms with Crippen LogP contribution in [0.15, 0.2) is 24.4 Å². The SMILES string of the molecule is CCCCOC(=O)N1CCC(c2ncc3[nH]c(-c4ccc(OC)c(OC)c4)c(C)c3n2)CC1. The van der Waals surface area contributed by atoms with Crippen LogP contribution < -0.4 is 9.47 Å². The van der Waals surface area contributed by atoms with Gasteiger partial charge in [-0.3, -0.25) is 0 Å². The second-order valence-electron chi connectivity index (χ2n) is 8.41. The van der Waals surface area contributed by atoms with E-state index in [1.54, 1.807) is 19.1 Å². The standard InChI is InChI=1S/C25H32N4O4/c1-5-6-13-33-25(30)29-11-9-17(10-12-29)24-26-15-19-23(28-24)16(2)22(27-19)18-7-8-20(31-3)21(14-18)32-4/h7-8,14-15,17,27H,5-6,9-13H2,1-4H3. The highest BCUT2D eigenvalue weighted by Gasteiger charge is 2.27. The number of carbonyl (C=O) groups excluding carboxylic acids is 1. The number of aromatic amines is 1. The number of H-pyrrole nitrogens is 1. The zero-order valence-electron chi connectivity index (χ0n) is 19.8. The summed E-state index contributed by atoms with van der Waals surface area (Å²) in [5, 5.41) is 0. The smallest absolute Gasteiger partial charge is 0.409 e. The number of hydrogen-bond donors (Lipinski definition) is 1. The molecule has 1 aromatic carbocycles. The van der Waals surface area contributed by atoms with E-state index in [2.05, 4.69) is 23.8 Å². The number of likely N-dealkylation sites (tertiary alicyclic amines) is 1. The van der Waals surface area contributed by atoms with Gasteiger partial charge in [0.25, 0.3) is 0 Å². The molecule has 1 aliphatic heterocycles. The van der Waals surface area contributed by atoms with Gasteiger partial charge < -0.3 is 24.1 Å². The van der Waals surface area contributed by atoms with Crippen LogP contribution in [0.3, 0.4) is 0 Å². The average Bonchev–Trinajstić information content (AvgIpc) is 3.19. The summed E-state index contributed by atoms with van der Waals surface area (Å²) in [6.07, 6.45) is 5.24. The number of aryl methyl sites for hydroxylation is 1. The summed E-state index contributed by atoms with van der Waals surface area (Å²) in [6, 6.07) is 5.86. The van der Waals surface area contributed by atoms with Gasteiger partial charge in [-0.2, -0.15) is 0 Å². The summed E-state index contributed by atoms with van der Waals surface area (Å²) in [4.78, 5) is 27.0. The first-order valence-corrected chi connectivity index (χ1v) is 11.5. The molecule has 8 heteroatoms. The molecule has 4 rings (SSSR count). The fourth-order valence-corrected chi connectivity index (χ4v) is 4.31. The minimum atomic E-state index is -0.209. The van der Waals surface area contributed by atoms with Crippen molar-refractivity contribution in [3.05, 3.63) is 35.8 Å². The first kappa shape index (κ1) is 22.9. The second-order valence-corrected chi connectivity index (χ2v) is 8.41. The third-order valence-corrected chi connectivity index (χ3v) is 6.31. The van der Waals surface area contributed by atoms with Gasteiger partial charge in [0.1, 0.15) is 5.82 Å². The fourth-order valence-electron chi connectivity index (χ4n) is 4.31. The van der Waals surface area contributed by atoms with E-state index in [1.807, 2.05) is 24.4 Å². The summed E-state index contributed by atoms with van der Waals surface area (Å²) in [7, 11) is 3.26. The Morgan fingerprint density at radius 1 is 1.18 bits per heavy atom. The van der Waals surface area contributed by atoms with Crippen molar-refractivity contribution < 1.29 is 19.0 Å². The molecule has 0 spiro atoms. The average molecular weight is 453 g/mol. The molecule has 0 atom stereocenters. The fraction of sp³-hybridized carbons (Fsp3) is 0.480. The molecule has 1 fully saturated rings. The molecule has 1 saturated heterocycles. The molecule has 0 saturated carbocycles. The molecule has 1 N–H and O–H groups in total. The first-order valence-electron chi connectivity index (χ1n) is 11.5. The maximum absolute atomic E-state index is 12.2. The van der Waals surface area contributed by atoms with E-state index < -0.39 is 0 Å². The van der Waals surface area contributed by atoms with Crippen LogP contribution in [-0.4, -0.2) is 59.9 Å². The lowest BCUT2D eigenvalue weighted by atomic mass is 9.96. The monoisotopic (exact) mass is 452 g/mol. The molecule has 1 amide bonds. The molecular formula is C25H32N4O4. The number of methoxy groups -OCH3 is 2. The number of rotatable bonds is 7. The second kappa shape index (κ2) is 10.1. The van der Waals surface area contributed by atoms with E-state index >= 15 is 0 Å². The summed E-state index contributed by atoms with van der Waals surface area (Å²) in [6.45, 7) is 5.97. The molecule has 2 aromatic heterocycles. The van der Waals surface area contributed by atoms with Gasteiger partial charge in [-0.05, 0) is 44.4 Å². The number of nitrogens with one attached hydrogen (secondary N) is 1. The molecule has 33 heavy (non-hydrogen) atoms. The molecule has 176 valence electrons. The Labute approximate surface area is 194 Å². The van der Waals surface area contributed by atoms with E-state index in [-0.39, 0.29) is 12.0 Å². The lowest BCUT2D eigenvalue weighted by Gasteiger charge is -2.30. The van der Waals surface area contributed by atoms with Gasteiger partial charge in [-0.25, -0.2) is 14.8 Å². The summed E-state index contributed by atoms with van der Waals surface area (Å²) in [5.41, 5.74) is 4.88. The minimum Gasteiger partial charge on any atom is -0.493 e. The summed E-state index contributed by atoms with van der Waals surface area (Å²) >= 11 is 0. The zero-order chi connectivity index (χ0) is 23.4. The quantitative estimate of drug-likeness (QED) is 0.504. The highest BCUT2D eigenvalue weighted by molar-refractivity contribution is 5.87. The molecule has 0 radical (unpaired) electrons. The number of benzene rings is 1. The maximum atomic E-state index is 12.2. The normalized spacial score (nSPS) is 14.5. The number of amides is 1. The van der Waals surface area contributed by atoms with Crippen molar-refractivity contribution in [3.63, 3.8) is 0 Å². The molecule has 3 aromatic rings. The molecular weight excluding hydrogens is 420 g/mol. The number of fused-ring (bicyclic) bond motifs is 1. The number of unbranched alkanes of at least 4 members (excludes halogenated alkanes) is 1. The summed E-state index contributed by atoms with van der Waals surface area (Å²) < 4.78 is 16.2. The Balaban J connectivity index is 1.51. The van der Waals surface area contributed by atoms with Crippen LogP contribution in [0.25, 0.3) is 22.3 Å². The lowest BCUT2D eigenvalue weighted by Crippen LogP contribution is -2.38. The largest absolute Gasteiger partial charge is 0.493 e. The molecule has 0 unspecified atom stereocenters. The number of nitrogens with zero attached hydrogens (tertiary/aromatic N) is 3. The molecule has 3 heterocycles. The van der Waals surface area contributed by atoms with Gasteiger partial charge in [0.05, 0.1) is 43.8 Å². The van der Waals surface area contributed by atoms with Gasteiger partial charge in [0.15, 0.2) is 11.5 Å². The molecule has 0 bridgehead atoms. The number of aromatic nitrogens is 3. The molecule has 1 aliphatic rings. The van der Waals surface area contributed by atoms with Gasteiger partial charge in [-0.1, -0.05) is 13.3 Å². The summed E-state index contributed by atoms with van der Waals surface area (Å²) in [5.74, 6) is 2.44. The van der Waals surface area contributed by atoms with Crippen molar-refractivity contribution in [2.45, 2.75) is 45.4 Å². The van der Waals surface area contributed by atoms with E-state index in [4.69, 9.17) is 19.2 Å². The first-order chi connectivity index (χ1) is 16.0. The minimum absolute atomic E-state index is 0.209. The van der Waals surface area contributed by atoms with Crippen molar-refractivity contribution in [2.24, 2.45) is 0 Å². The third-order valence-electron chi connectivity index (χ3n) is 6.31. The van der Waals surface area contributed by atoms with Crippen molar-refractivity contribution in [1.29, 1.82) is 0 Å². The Bertz CT molecular complexity index is 1120. The Hall–Kier alpha value is -3.29. The topological polar surface area (TPSA) is 89.6 Å². The van der Waals surface area contributed by atoms with Crippen LogP contribution in [0.4, 0.5) is 4.79 Å². The van der Waals surface area contributed by atoms with Crippen LogP contribution in [-0.2, 0) is 4.74 Å². The van der Waals surface area contributed by atoms with Crippen LogP contribution in [0.2, 0.25) is 0 Å². The van der Waals surface area contributed by atoms with E-state index in [0.717, 1.165) is 59.4 Å². The van der Waals surface area contributed by atoms with E-state index in [1.165, 1.54) is 0 Å². The molecule has 8 nitrogen and oxygen atoms in total.